The maximum absolute atomic E-state index is 12.8. The Hall–Kier alpha value is -1.76. The van der Waals surface area contributed by atoms with Crippen molar-refractivity contribution < 1.29 is 22.7 Å². The first-order chi connectivity index (χ1) is 11.5. The number of nitrogens with one attached hydrogen (secondary N) is 1. The number of halogens is 3. The van der Waals surface area contributed by atoms with E-state index >= 15 is 0 Å². The minimum Gasteiger partial charge on any atom is -0.446 e. The fourth-order valence-electron chi connectivity index (χ4n) is 2.78. The maximum Gasteiger partial charge on any atom is 0.416 e. The molecule has 7 heteroatoms. The van der Waals surface area contributed by atoms with Gasteiger partial charge in [0.05, 0.1) is 5.56 Å². The second-order valence-corrected chi connectivity index (χ2v) is 7.45. The average Bonchev–Trinajstić information content (AvgIpc) is 2.47. The van der Waals surface area contributed by atoms with Gasteiger partial charge in [0, 0.05) is 25.2 Å². The number of rotatable bonds is 3. The predicted octanol–water partition coefficient (Wildman–Crippen LogP) is 4.19. The van der Waals surface area contributed by atoms with Gasteiger partial charge in [0.1, 0.15) is 6.10 Å². The summed E-state index contributed by atoms with van der Waals surface area (Å²) in [4.78, 5) is 13.9. The molecular formula is C18H25F3N2O2. The number of hydrogen-bond donors (Lipinski definition) is 1. The molecule has 0 spiro atoms. The van der Waals surface area contributed by atoms with Gasteiger partial charge in [-0.15, -0.1) is 0 Å². The number of carbonyl (C=O) groups is 1. The van der Waals surface area contributed by atoms with E-state index in [0.29, 0.717) is 38.0 Å². The summed E-state index contributed by atoms with van der Waals surface area (Å²) in [6, 6.07) is 5.41. The van der Waals surface area contributed by atoms with Gasteiger partial charge in [-0.05, 0) is 45.2 Å². The molecule has 140 valence electrons. The second-order valence-electron chi connectivity index (χ2n) is 7.45. The van der Waals surface area contributed by atoms with Crippen LogP contribution in [0.5, 0.6) is 0 Å². The van der Waals surface area contributed by atoms with E-state index in [4.69, 9.17) is 4.74 Å². The molecular weight excluding hydrogens is 333 g/mol. The van der Waals surface area contributed by atoms with E-state index in [1.165, 1.54) is 12.1 Å². The third-order valence-corrected chi connectivity index (χ3v) is 3.95. The summed E-state index contributed by atoms with van der Waals surface area (Å²) in [5, 5.41) is 2.76. The summed E-state index contributed by atoms with van der Waals surface area (Å²) >= 11 is 0. The number of benzene rings is 1. The molecule has 1 N–H and O–H groups in total. The summed E-state index contributed by atoms with van der Waals surface area (Å²) in [6.45, 7) is 7.47. The summed E-state index contributed by atoms with van der Waals surface area (Å²) in [7, 11) is 0. The topological polar surface area (TPSA) is 41.6 Å². The van der Waals surface area contributed by atoms with E-state index in [1.807, 2.05) is 20.8 Å². The molecule has 0 unspecified atom stereocenters. The van der Waals surface area contributed by atoms with Crippen LogP contribution in [0.4, 0.5) is 18.0 Å². The second kappa shape index (κ2) is 7.64. The highest BCUT2D eigenvalue weighted by Gasteiger charge is 2.30. The normalized spacial score (nSPS) is 17.4. The maximum atomic E-state index is 12.8. The molecule has 1 aliphatic rings. The first-order valence-corrected chi connectivity index (χ1v) is 8.40. The highest BCUT2D eigenvalue weighted by molar-refractivity contribution is 5.68. The lowest BCUT2D eigenvalue weighted by Crippen LogP contribution is -2.44. The Morgan fingerprint density at radius 3 is 2.44 bits per heavy atom. The summed E-state index contributed by atoms with van der Waals surface area (Å²) in [6.07, 6.45) is -3.55. The quantitative estimate of drug-likeness (QED) is 0.881. The van der Waals surface area contributed by atoms with Crippen molar-refractivity contribution in [2.75, 3.05) is 13.1 Å². The lowest BCUT2D eigenvalue weighted by atomic mass is 10.1. The average molecular weight is 358 g/mol. The van der Waals surface area contributed by atoms with Crippen LogP contribution in [0.25, 0.3) is 0 Å². The molecule has 0 aliphatic carbocycles. The lowest BCUT2D eigenvalue weighted by Gasteiger charge is -2.32. The molecule has 1 saturated heterocycles. The van der Waals surface area contributed by atoms with E-state index in [2.05, 4.69) is 10.2 Å². The Morgan fingerprint density at radius 2 is 1.88 bits per heavy atom. The van der Waals surface area contributed by atoms with Gasteiger partial charge in [0.25, 0.3) is 0 Å². The largest absolute Gasteiger partial charge is 0.446 e. The van der Waals surface area contributed by atoms with Gasteiger partial charge in [-0.2, -0.15) is 13.2 Å². The zero-order valence-electron chi connectivity index (χ0n) is 14.8. The van der Waals surface area contributed by atoms with Crippen LogP contribution < -0.4 is 5.32 Å². The zero-order valence-corrected chi connectivity index (χ0v) is 14.8. The molecule has 1 aromatic carbocycles. The van der Waals surface area contributed by atoms with Crippen molar-refractivity contribution in [2.45, 2.75) is 58.0 Å². The van der Waals surface area contributed by atoms with Crippen LogP contribution in [0.1, 0.15) is 44.7 Å². The molecule has 2 rings (SSSR count). The van der Waals surface area contributed by atoms with Gasteiger partial charge in [-0.25, -0.2) is 4.79 Å². The standard InChI is InChI=1S/C18H25F3N2O2/c1-17(2,3)22-16(24)25-15-7-9-23(10-8-15)12-13-5-4-6-14(11-13)18(19,20)21/h4-6,11,15H,7-10,12H2,1-3H3,(H,22,24). The van der Waals surface area contributed by atoms with Crippen molar-refractivity contribution in [3.05, 3.63) is 35.4 Å². The molecule has 1 heterocycles. The van der Waals surface area contributed by atoms with Crippen molar-refractivity contribution in [1.82, 2.24) is 10.2 Å². The van der Waals surface area contributed by atoms with E-state index < -0.39 is 17.8 Å². The monoisotopic (exact) mass is 358 g/mol. The molecule has 1 amide bonds. The molecule has 25 heavy (non-hydrogen) atoms. The molecule has 0 atom stereocenters. The highest BCUT2D eigenvalue weighted by Crippen LogP contribution is 2.30. The van der Waals surface area contributed by atoms with Crippen molar-refractivity contribution in [3.8, 4) is 0 Å². The van der Waals surface area contributed by atoms with Crippen LogP contribution in [0.15, 0.2) is 24.3 Å². The number of alkyl halides is 3. The third-order valence-electron chi connectivity index (χ3n) is 3.95. The van der Waals surface area contributed by atoms with Crippen LogP contribution in [0.2, 0.25) is 0 Å². The molecule has 0 bridgehead atoms. The Morgan fingerprint density at radius 1 is 1.24 bits per heavy atom. The third kappa shape index (κ3) is 6.57. The SMILES string of the molecule is CC(C)(C)NC(=O)OC1CCN(Cc2cccc(C(F)(F)F)c2)CC1. The predicted molar refractivity (Wildman–Crippen MR) is 89.1 cm³/mol. The lowest BCUT2D eigenvalue weighted by molar-refractivity contribution is -0.137. The number of likely N-dealkylation sites (tertiary alicyclic amines) is 1. The van der Waals surface area contributed by atoms with Crippen LogP contribution in [0, 0.1) is 0 Å². The Labute approximate surface area is 146 Å². The molecule has 0 aromatic heterocycles. The molecule has 1 aromatic rings. The van der Waals surface area contributed by atoms with E-state index in [-0.39, 0.29) is 11.6 Å². The smallest absolute Gasteiger partial charge is 0.416 e. The molecule has 4 nitrogen and oxygen atoms in total. The van der Waals surface area contributed by atoms with Gasteiger partial charge in [0.2, 0.25) is 0 Å². The Bertz CT molecular complexity index is 589. The van der Waals surface area contributed by atoms with Crippen LogP contribution >= 0.6 is 0 Å². The Kier molecular flexibility index (Phi) is 5.98. The number of piperidine rings is 1. The summed E-state index contributed by atoms with van der Waals surface area (Å²) in [5.74, 6) is 0. The first kappa shape index (κ1) is 19.6. The van der Waals surface area contributed by atoms with E-state index in [1.54, 1.807) is 6.07 Å². The van der Waals surface area contributed by atoms with Gasteiger partial charge in [0.15, 0.2) is 0 Å². The van der Waals surface area contributed by atoms with Crippen molar-refractivity contribution in [2.24, 2.45) is 0 Å². The van der Waals surface area contributed by atoms with Crippen LogP contribution in [-0.2, 0) is 17.5 Å². The molecule has 1 fully saturated rings. The minimum absolute atomic E-state index is 0.153. The first-order valence-electron chi connectivity index (χ1n) is 8.40. The van der Waals surface area contributed by atoms with E-state index in [0.717, 1.165) is 6.07 Å². The van der Waals surface area contributed by atoms with Crippen molar-refractivity contribution >= 4 is 6.09 Å². The molecule has 1 aliphatic heterocycles. The highest BCUT2D eigenvalue weighted by atomic mass is 19.4. The number of nitrogens with zero attached hydrogens (tertiary/aromatic N) is 1. The van der Waals surface area contributed by atoms with Gasteiger partial charge in [-0.3, -0.25) is 4.90 Å². The number of alkyl carbamates (subject to hydrolysis) is 1. The van der Waals surface area contributed by atoms with Gasteiger partial charge < -0.3 is 10.1 Å². The number of amides is 1. The fraction of sp³-hybridized carbons (Fsp3) is 0.611. The molecule has 0 saturated carbocycles. The van der Waals surface area contributed by atoms with E-state index in [9.17, 15) is 18.0 Å². The Balaban J connectivity index is 1.82. The van der Waals surface area contributed by atoms with Crippen molar-refractivity contribution in [1.29, 1.82) is 0 Å². The number of hydrogen-bond acceptors (Lipinski definition) is 3. The zero-order chi connectivity index (χ0) is 18.7. The number of carbonyl (C=O) groups excluding carboxylic acids is 1. The number of ether oxygens (including phenoxy) is 1. The minimum atomic E-state index is -4.32. The van der Waals surface area contributed by atoms with Gasteiger partial charge in [-0.1, -0.05) is 18.2 Å². The van der Waals surface area contributed by atoms with Gasteiger partial charge >= 0.3 is 12.3 Å². The van der Waals surface area contributed by atoms with Crippen LogP contribution in [-0.4, -0.2) is 35.7 Å². The summed E-state index contributed by atoms with van der Waals surface area (Å²) < 4.78 is 43.7. The fourth-order valence-corrected chi connectivity index (χ4v) is 2.78. The van der Waals surface area contributed by atoms with Crippen LogP contribution in [0.3, 0.4) is 0 Å². The molecule has 0 radical (unpaired) electrons. The van der Waals surface area contributed by atoms with Crippen molar-refractivity contribution in [3.63, 3.8) is 0 Å². The summed E-state index contributed by atoms with van der Waals surface area (Å²) in [5.41, 5.74) is -0.330.